The minimum atomic E-state index is -0.834. The van der Waals surface area contributed by atoms with Crippen molar-refractivity contribution in [3.05, 3.63) is 23.3 Å². The zero-order chi connectivity index (χ0) is 74.1. The van der Waals surface area contributed by atoms with Crippen LogP contribution in [0.25, 0.3) is 0 Å². The van der Waals surface area contributed by atoms with Gasteiger partial charge in [0.1, 0.15) is 38.3 Å². The Morgan fingerprint density at radius 2 is 0.644 bits per heavy atom. The normalized spacial score (nSPS) is 14.6. The van der Waals surface area contributed by atoms with Crippen LogP contribution in [-0.4, -0.2) is 195 Å². The molecule has 16 amide bonds. The van der Waals surface area contributed by atoms with Gasteiger partial charge < -0.3 is 85.9 Å². The first-order chi connectivity index (χ1) is 47.6. The van der Waals surface area contributed by atoms with Crippen molar-refractivity contribution < 1.29 is 76.7 Å². The van der Waals surface area contributed by atoms with E-state index in [-0.39, 0.29) is 129 Å². The highest BCUT2D eigenvalue weighted by Gasteiger charge is 2.36. The number of rotatable bonds is 52. The summed E-state index contributed by atoms with van der Waals surface area (Å²) in [6, 6.07) is -1.67. The predicted octanol–water partition coefficient (Wildman–Crippen LogP) is 1.06. The van der Waals surface area contributed by atoms with Crippen molar-refractivity contribution in [3.8, 4) is 0 Å². The third kappa shape index (κ3) is 44.5. The number of primary amides is 4. The standard InChI is InChI=1S/2C34H56N8O8.4CH4/c2*1-22(43)37-16-6-4-10-28(41-23(2)44)34(50)40-19-15-31(47)42(21-30(46)39-18-7-9-27(33(36)49)25-13-14-25)20-29(45)38-17-5-3-8-26(32(35)48)24-11-12-24;;;;/h2*9,24-26,28H,3-8,10-21H2,1-2H3,(H2,35,48)(H2,36,49)(H,37,43)(H,38,45)(H,39,46)(H,40,50)(H,41,44);4*1H4/t2*26-,28+;;;;/m11..../s1. The molecule has 0 spiro atoms. The summed E-state index contributed by atoms with van der Waals surface area (Å²) in [5.41, 5.74) is 23.0. The average molecular weight is 1470 g/mol. The smallest absolute Gasteiger partial charge is 0.244 e. The third-order valence-corrected chi connectivity index (χ3v) is 17.2. The van der Waals surface area contributed by atoms with Crippen molar-refractivity contribution in [2.75, 3.05) is 78.5 Å². The van der Waals surface area contributed by atoms with Crippen LogP contribution in [0.3, 0.4) is 0 Å². The van der Waals surface area contributed by atoms with E-state index in [1.54, 1.807) is 12.2 Å². The summed E-state index contributed by atoms with van der Waals surface area (Å²) in [6.07, 6.45) is 18.4. The van der Waals surface area contributed by atoms with Crippen LogP contribution >= 0.6 is 0 Å². The number of amides is 16. The van der Waals surface area contributed by atoms with Crippen LogP contribution < -0.4 is 76.1 Å². The van der Waals surface area contributed by atoms with Crippen molar-refractivity contribution >= 4 is 94.5 Å². The second kappa shape index (κ2) is 53.7. The largest absolute Gasteiger partial charge is 0.369 e. The van der Waals surface area contributed by atoms with Gasteiger partial charge >= 0.3 is 0 Å². The molecule has 0 saturated heterocycles. The highest BCUT2D eigenvalue weighted by molar-refractivity contribution is 5.94. The lowest BCUT2D eigenvalue weighted by Crippen LogP contribution is -2.48. The molecule has 0 aromatic rings. The van der Waals surface area contributed by atoms with Gasteiger partial charge in [0.15, 0.2) is 0 Å². The number of unbranched alkanes of at least 4 members (excludes halogenated alkanes) is 4. The zero-order valence-electron chi connectivity index (χ0n) is 59.0. The van der Waals surface area contributed by atoms with Gasteiger partial charge in [0.25, 0.3) is 0 Å². The summed E-state index contributed by atoms with van der Waals surface area (Å²) < 4.78 is 0. The van der Waals surface area contributed by atoms with Gasteiger partial charge in [-0.3, -0.25) is 76.7 Å². The minimum Gasteiger partial charge on any atom is -0.369 e. The Hall–Kier alpha value is -9.00. The monoisotopic (exact) mass is 1470 g/mol. The van der Waals surface area contributed by atoms with Crippen molar-refractivity contribution in [1.82, 2.24) is 63.0 Å². The molecule has 4 saturated carbocycles. The van der Waals surface area contributed by atoms with Gasteiger partial charge in [-0.1, -0.05) is 54.7 Å². The molecule has 18 N–H and O–H groups in total. The van der Waals surface area contributed by atoms with Crippen LogP contribution in [0.15, 0.2) is 23.3 Å². The van der Waals surface area contributed by atoms with Gasteiger partial charge in [0, 0.05) is 116 Å². The lowest BCUT2D eigenvalue weighted by molar-refractivity contribution is -0.139. The maximum absolute atomic E-state index is 13.2. The number of carbonyl (C=O) groups excluding carboxylic acids is 16. The maximum Gasteiger partial charge on any atom is 0.244 e. The molecule has 0 aromatic heterocycles. The van der Waals surface area contributed by atoms with Crippen molar-refractivity contribution in [2.45, 2.75) is 224 Å². The molecule has 4 rings (SSSR count). The Bertz CT molecular complexity index is 2690. The molecule has 0 aromatic carbocycles. The molecule has 0 aliphatic heterocycles. The van der Waals surface area contributed by atoms with Crippen molar-refractivity contribution in [2.24, 2.45) is 58.4 Å². The van der Waals surface area contributed by atoms with E-state index in [9.17, 15) is 76.7 Å². The molecular formula is C72H128N16O16. The van der Waals surface area contributed by atoms with E-state index in [1.807, 2.05) is 0 Å². The molecule has 4 fully saturated rings. The van der Waals surface area contributed by atoms with Gasteiger partial charge in [-0.05, 0) is 152 Å². The number of carbonyl (C=O) groups is 16. The molecule has 0 heterocycles. The van der Waals surface area contributed by atoms with Gasteiger partial charge in [0.2, 0.25) is 94.5 Å². The third-order valence-electron chi connectivity index (χ3n) is 17.2. The first kappa shape index (κ1) is 97.1. The van der Waals surface area contributed by atoms with Crippen molar-refractivity contribution in [3.63, 3.8) is 0 Å². The quantitative estimate of drug-likeness (QED) is 0.0299. The molecule has 4 aliphatic rings. The molecule has 0 radical (unpaired) electrons. The first-order valence-corrected chi connectivity index (χ1v) is 35.4. The second-order valence-corrected chi connectivity index (χ2v) is 26.3. The van der Waals surface area contributed by atoms with E-state index in [1.165, 1.54) is 27.7 Å². The fourth-order valence-electron chi connectivity index (χ4n) is 11.3. The summed E-state index contributed by atoms with van der Waals surface area (Å²) in [6.45, 7) is 5.57. The molecule has 4 aliphatic carbocycles. The van der Waals surface area contributed by atoms with E-state index >= 15 is 0 Å². The SMILES string of the molecule is C.C.C.C.CC(=O)NCCCC[C@H](NC(C)=O)C(=O)NCCC(=O)N(CC(=O)NCCC=C(C(N)=O)C1CC1)CC(=O)NCCCC[C@@H](C(N)=O)C1CC1.CC(=O)NCCCC[C@H](NC(C)=O)C(=O)NCCC(=O)N(CC(=O)NCCC=C(C(N)=O)C1CC1)CC(=O)NCCCC[C@@H](C(N)=O)C1CC1. The molecule has 592 valence electrons. The zero-order valence-corrected chi connectivity index (χ0v) is 59.0. The first-order valence-electron chi connectivity index (χ1n) is 35.4. The number of hydrogen-bond donors (Lipinski definition) is 14. The number of hydrogen-bond acceptors (Lipinski definition) is 16. The van der Waals surface area contributed by atoms with Crippen LogP contribution in [0, 0.1) is 35.5 Å². The predicted molar refractivity (Wildman–Crippen MR) is 395 cm³/mol. The van der Waals surface area contributed by atoms with Gasteiger partial charge in [0.05, 0.1) is 0 Å². The Balaban J connectivity index is 0. The molecule has 32 heteroatoms. The average Bonchev–Trinajstić information content (AvgIpc) is 1.73. The highest BCUT2D eigenvalue weighted by Crippen LogP contribution is 2.40. The molecule has 104 heavy (non-hydrogen) atoms. The summed E-state index contributed by atoms with van der Waals surface area (Å²) >= 11 is 0. The Kier molecular flexibility index (Phi) is 50.1. The summed E-state index contributed by atoms with van der Waals surface area (Å²) in [4.78, 5) is 198. The van der Waals surface area contributed by atoms with Crippen LogP contribution in [-0.2, 0) is 76.7 Å². The lowest BCUT2D eigenvalue weighted by atomic mass is 9.96. The highest BCUT2D eigenvalue weighted by atomic mass is 16.2. The summed E-state index contributed by atoms with van der Waals surface area (Å²) in [5, 5.41) is 26.7. The molecular weight excluding hydrogens is 1340 g/mol. The molecule has 0 bridgehead atoms. The van der Waals surface area contributed by atoms with Crippen LogP contribution in [0.4, 0.5) is 0 Å². The van der Waals surface area contributed by atoms with Crippen LogP contribution in [0.1, 0.15) is 212 Å². The molecule has 0 unspecified atom stereocenters. The molecule has 4 atom stereocenters. The van der Waals surface area contributed by atoms with E-state index in [0.29, 0.717) is 139 Å². The van der Waals surface area contributed by atoms with Crippen molar-refractivity contribution in [1.29, 1.82) is 0 Å². The fourth-order valence-corrected chi connectivity index (χ4v) is 11.3. The van der Waals surface area contributed by atoms with Gasteiger partial charge in [-0.2, -0.15) is 0 Å². The maximum atomic E-state index is 13.2. The van der Waals surface area contributed by atoms with E-state index in [0.717, 1.165) is 61.2 Å². The lowest BCUT2D eigenvalue weighted by Gasteiger charge is -2.22. The van der Waals surface area contributed by atoms with Gasteiger partial charge in [-0.25, -0.2) is 0 Å². The second-order valence-electron chi connectivity index (χ2n) is 26.3. The Morgan fingerprint density at radius 3 is 0.904 bits per heavy atom. The van der Waals surface area contributed by atoms with E-state index in [2.05, 4.69) is 53.2 Å². The van der Waals surface area contributed by atoms with E-state index < -0.39 is 96.1 Å². The fraction of sp³-hybridized carbons (Fsp3) is 0.722. The topological polar surface area (TPSA) is 504 Å². The Morgan fingerprint density at radius 1 is 0.356 bits per heavy atom. The summed E-state index contributed by atoms with van der Waals surface area (Å²) in [5.74, 6) is -5.87. The Labute approximate surface area is 615 Å². The number of nitrogens with two attached hydrogens (primary N) is 4. The minimum absolute atomic E-state index is 0. The van der Waals surface area contributed by atoms with Crippen LogP contribution in [0.5, 0.6) is 0 Å². The number of nitrogens with zero attached hydrogens (tertiary/aromatic N) is 2. The molecule has 32 nitrogen and oxygen atoms in total. The van der Waals surface area contributed by atoms with Crippen LogP contribution in [0.2, 0.25) is 0 Å². The van der Waals surface area contributed by atoms with E-state index in [4.69, 9.17) is 22.9 Å². The number of nitrogens with one attached hydrogen (secondary N) is 10. The van der Waals surface area contributed by atoms with Gasteiger partial charge in [-0.15, -0.1) is 0 Å². The summed E-state index contributed by atoms with van der Waals surface area (Å²) in [7, 11) is 0.